The molecule has 0 unspecified atom stereocenters. The third-order valence-electron chi connectivity index (χ3n) is 2.94. The zero-order chi connectivity index (χ0) is 13.5. The monoisotopic (exact) mass is 379 g/mol. The second kappa shape index (κ2) is 8.41. The molecule has 1 radical (unpaired) electrons. The molecule has 3 heteroatoms. The van der Waals surface area contributed by atoms with Crippen LogP contribution in [-0.4, -0.2) is 35.9 Å². The molecule has 0 aliphatic carbocycles. The Hall–Kier alpha value is 1.23. The zero-order valence-electron chi connectivity index (χ0n) is 13.4. The van der Waals surface area contributed by atoms with Crippen LogP contribution in [0.2, 0.25) is 51.8 Å². The molecule has 0 atom stereocenters. The summed E-state index contributed by atoms with van der Waals surface area (Å²) in [6.07, 6.45) is 5.94. The van der Waals surface area contributed by atoms with Crippen LogP contribution in [0.3, 0.4) is 0 Å². The van der Waals surface area contributed by atoms with Gasteiger partial charge in [0.05, 0.1) is 0 Å². The molecule has 0 nitrogen and oxygen atoms in total. The molecule has 0 amide bonds. The molecule has 0 aromatic carbocycles. The first-order valence-electron chi connectivity index (χ1n) is 7.47. The summed E-state index contributed by atoms with van der Waals surface area (Å²) in [7, 11) is -1.56. The van der Waals surface area contributed by atoms with E-state index in [2.05, 4.69) is 46.2 Å². The Balaban J connectivity index is 4.12. The van der Waals surface area contributed by atoms with E-state index in [0.717, 1.165) is 0 Å². The zero-order valence-corrected chi connectivity index (χ0v) is 18.3. The third-order valence-corrected chi connectivity index (χ3v) is 35.8. The molecule has 0 aromatic rings. The SMILES string of the molecule is CCCCC[CH2][Sn]([CH2][Si](C)(C)C)[CH2][Si](C)(C)C. The maximum absolute atomic E-state index is 2.59. The van der Waals surface area contributed by atoms with Gasteiger partial charge in [0.2, 0.25) is 0 Å². The van der Waals surface area contributed by atoms with Crippen LogP contribution in [0.15, 0.2) is 0 Å². The van der Waals surface area contributed by atoms with Crippen molar-refractivity contribution in [3.05, 3.63) is 0 Å². The minimum absolute atomic E-state index is 0.779. The molecule has 103 valence electrons. The Kier molecular flexibility index (Phi) is 9.02. The summed E-state index contributed by atoms with van der Waals surface area (Å²) >= 11 is -1.01. The van der Waals surface area contributed by atoms with Crippen molar-refractivity contribution in [3.63, 3.8) is 0 Å². The van der Waals surface area contributed by atoms with Crippen LogP contribution >= 0.6 is 0 Å². The molecule has 0 saturated carbocycles. The molecule has 0 aromatic heterocycles. The van der Waals surface area contributed by atoms with E-state index in [4.69, 9.17) is 0 Å². The quantitative estimate of drug-likeness (QED) is 0.351. The molecular formula is C14H35Si2Sn. The van der Waals surface area contributed by atoms with E-state index in [1.807, 2.05) is 0 Å². The predicted octanol–water partition coefficient (Wildman–Crippen LogP) is 5.82. The molecule has 0 rings (SSSR count). The fourth-order valence-corrected chi connectivity index (χ4v) is 40.5. The van der Waals surface area contributed by atoms with Crippen LogP contribution in [0.5, 0.6) is 0 Å². The van der Waals surface area contributed by atoms with Gasteiger partial charge >= 0.3 is 120 Å². The van der Waals surface area contributed by atoms with Crippen molar-refractivity contribution in [3.8, 4) is 0 Å². The van der Waals surface area contributed by atoms with Crippen LogP contribution in [0.1, 0.15) is 32.6 Å². The van der Waals surface area contributed by atoms with Crippen molar-refractivity contribution in [1.82, 2.24) is 0 Å². The van der Waals surface area contributed by atoms with Crippen molar-refractivity contribution in [2.75, 3.05) is 0 Å². The maximum atomic E-state index is 2.59. The van der Waals surface area contributed by atoms with Gasteiger partial charge < -0.3 is 0 Å². The number of hydrogen-bond acceptors (Lipinski definition) is 0. The van der Waals surface area contributed by atoms with E-state index in [1.165, 1.54) is 19.3 Å². The van der Waals surface area contributed by atoms with E-state index < -0.39 is 35.9 Å². The van der Waals surface area contributed by atoms with Gasteiger partial charge in [-0.1, -0.05) is 0 Å². The molecule has 0 bridgehead atoms. The first kappa shape index (κ1) is 18.2. The Bertz CT molecular complexity index is 175. The summed E-state index contributed by atoms with van der Waals surface area (Å²) in [6, 6.07) is 0. The molecular weight excluding hydrogens is 343 g/mol. The van der Waals surface area contributed by atoms with E-state index in [0.29, 0.717) is 0 Å². The van der Waals surface area contributed by atoms with Gasteiger partial charge in [-0.25, -0.2) is 0 Å². The average molecular weight is 378 g/mol. The average Bonchev–Trinajstić information content (AvgIpc) is 2.06. The van der Waals surface area contributed by atoms with E-state index in [9.17, 15) is 0 Å². The second-order valence-electron chi connectivity index (χ2n) is 8.04. The Labute approximate surface area is 120 Å². The summed E-state index contributed by atoms with van der Waals surface area (Å²) in [5.41, 5.74) is 0. The van der Waals surface area contributed by atoms with Gasteiger partial charge in [0, 0.05) is 0 Å². The van der Waals surface area contributed by atoms with Gasteiger partial charge in [-0.15, -0.1) is 0 Å². The van der Waals surface area contributed by atoms with Crippen LogP contribution in [0.4, 0.5) is 0 Å². The first-order chi connectivity index (χ1) is 7.64. The molecule has 0 heterocycles. The fraction of sp³-hybridized carbons (Fsp3) is 1.00. The third kappa shape index (κ3) is 13.5. The summed E-state index contributed by atoms with van der Waals surface area (Å²) in [5.74, 6) is 0. The Morgan fingerprint density at radius 2 is 1.18 bits per heavy atom. The van der Waals surface area contributed by atoms with Gasteiger partial charge in [0.25, 0.3) is 0 Å². The van der Waals surface area contributed by atoms with Gasteiger partial charge in [-0.05, 0) is 0 Å². The number of hydrogen-bond donors (Lipinski definition) is 0. The van der Waals surface area contributed by atoms with E-state index in [1.54, 1.807) is 19.0 Å². The normalized spacial score (nSPS) is 13.4. The van der Waals surface area contributed by atoms with Crippen molar-refractivity contribution >= 4 is 35.9 Å². The molecule has 0 aliphatic rings. The van der Waals surface area contributed by atoms with Gasteiger partial charge in [0.15, 0.2) is 0 Å². The Morgan fingerprint density at radius 3 is 1.53 bits per heavy atom. The molecule has 0 fully saturated rings. The summed E-state index contributed by atoms with van der Waals surface area (Å²) in [6.45, 7) is 17.8. The second-order valence-corrected chi connectivity index (χ2v) is 30.7. The molecule has 0 saturated heterocycles. The van der Waals surface area contributed by atoms with E-state index >= 15 is 0 Å². The molecule has 0 N–H and O–H groups in total. The molecule has 0 aliphatic heterocycles. The predicted molar refractivity (Wildman–Crippen MR) is 91.0 cm³/mol. The van der Waals surface area contributed by atoms with Gasteiger partial charge in [-0.2, -0.15) is 0 Å². The standard InChI is InChI=1S/C6H13.2C4H11Si.Sn/c1-3-5-6-4-2;2*1-5(2,3)4;/h1,3-6H2,2H3;2*1H2,2-4H3;. The molecule has 0 spiro atoms. The van der Waals surface area contributed by atoms with Crippen LogP contribution < -0.4 is 0 Å². The molecule has 17 heavy (non-hydrogen) atoms. The topological polar surface area (TPSA) is 0 Å². The minimum atomic E-state index is -1.01. The summed E-state index contributed by atoms with van der Waals surface area (Å²) < 4.78 is 5.22. The van der Waals surface area contributed by atoms with Crippen LogP contribution in [0.25, 0.3) is 0 Å². The van der Waals surface area contributed by atoms with Gasteiger partial charge in [0.1, 0.15) is 0 Å². The fourth-order valence-electron chi connectivity index (χ4n) is 2.54. The number of rotatable bonds is 9. The first-order valence-corrected chi connectivity index (χ1v) is 20.9. The van der Waals surface area contributed by atoms with Crippen molar-refractivity contribution in [1.29, 1.82) is 0 Å². The van der Waals surface area contributed by atoms with Crippen LogP contribution in [0, 0.1) is 0 Å². The van der Waals surface area contributed by atoms with Crippen LogP contribution in [-0.2, 0) is 0 Å². The summed E-state index contributed by atoms with van der Waals surface area (Å²) in [4.78, 5) is 0. The van der Waals surface area contributed by atoms with Crippen molar-refractivity contribution in [2.45, 2.75) is 84.4 Å². The number of unbranched alkanes of at least 4 members (excludes halogenated alkanes) is 3. The Morgan fingerprint density at radius 1 is 0.706 bits per heavy atom. The summed E-state index contributed by atoms with van der Waals surface area (Å²) in [5, 5.41) is 0. The van der Waals surface area contributed by atoms with E-state index in [-0.39, 0.29) is 0 Å². The van der Waals surface area contributed by atoms with Crippen molar-refractivity contribution in [2.24, 2.45) is 0 Å². The van der Waals surface area contributed by atoms with Gasteiger partial charge in [-0.3, -0.25) is 0 Å². The van der Waals surface area contributed by atoms with Crippen molar-refractivity contribution < 1.29 is 0 Å².